The molecule has 10 nitrogen and oxygen atoms in total. The molecule has 248 valence electrons. The van der Waals surface area contributed by atoms with Gasteiger partial charge < -0.3 is 15.4 Å². The van der Waals surface area contributed by atoms with Crippen LogP contribution < -0.4 is 20.1 Å². The zero-order valence-electron chi connectivity index (χ0n) is 23.4. The third-order valence-electron chi connectivity index (χ3n) is 6.18. The van der Waals surface area contributed by atoms with Crippen LogP contribution in [0.2, 0.25) is 10.0 Å². The first-order valence-corrected chi connectivity index (χ1v) is 16.6. The van der Waals surface area contributed by atoms with E-state index in [1.165, 1.54) is 42.5 Å². The van der Waals surface area contributed by atoms with E-state index in [0.29, 0.717) is 6.07 Å². The van der Waals surface area contributed by atoms with Gasteiger partial charge in [-0.05, 0) is 84.9 Å². The van der Waals surface area contributed by atoms with E-state index in [4.69, 9.17) is 27.9 Å². The third kappa shape index (κ3) is 9.34. The van der Waals surface area contributed by atoms with Gasteiger partial charge in [0, 0.05) is 29.2 Å². The summed E-state index contributed by atoms with van der Waals surface area (Å²) >= 11 is 11.6. The van der Waals surface area contributed by atoms with Crippen molar-refractivity contribution in [3.63, 3.8) is 0 Å². The average Bonchev–Trinajstić information content (AvgIpc) is 2.99. The van der Waals surface area contributed by atoms with Gasteiger partial charge in [-0.15, -0.1) is 3.89 Å². The lowest BCUT2D eigenvalue weighted by atomic mass is 10.2. The lowest BCUT2D eigenvalue weighted by molar-refractivity contribution is -0.137. The van der Waals surface area contributed by atoms with E-state index in [0.717, 1.165) is 36.4 Å². The summed E-state index contributed by atoms with van der Waals surface area (Å²) in [4.78, 5) is 23.4. The second-order valence-electron chi connectivity index (χ2n) is 9.49. The van der Waals surface area contributed by atoms with Gasteiger partial charge in [-0.3, -0.25) is 14.3 Å². The van der Waals surface area contributed by atoms with Gasteiger partial charge in [0.05, 0.1) is 26.1 Å². The Hall–Kier alpha value is -4.38. The number of sulfonamides is 1. The largest absolute Gasteiger partial charge is 0.455 e. The number of nitrogens with one attached hydrogen (secondary N) is 3. The van der Waals surface area contributed by atoms with E-state index >= 15 is 0 Å². The van der Waals surface area contributed by atoms with Gasteiger partial charge in [0.2, 0.25) is 0 Å². The summed E-state index contributed by atoms with van der Waals surface area (Å²) in [6.45, 7) is 0.0316. The maximum Gasteiger partial charge on any atom is 0.417 e. The van der Waals surface area contributed by atoms with Crippen LogP contribution in [0.1, 0.15) is 26.3 Å². The zero-order valence-corrected chi connectivity index (χ0v) is 26.6. The number of rotatable bonds is 11. The number of ether oxygens (including phenoxy) is 1. The monoisotopic (exact) mass is 733 g/mol. The van der Waals surface area contributed by atoms with Gasteiger partial charge in [0.25, 0.3) is 21.8 Å². The molecular weight excluding hydrogens is 713 g/mol. The van der Waals surface area contributed by atoms with Crippen molar-refractivity contribution in [1.82, 2.24) is 10.6 Å². The Morgan fingerprint density at radius 3 is 1.79 bits per heavy atom. The quantitative estimate of drug-likeness (QED) is 0.0915. The Bertz CT molecular complexity index is 2030. The van der Waals surface area contributed by atoms with Crippen LogP contribution in [0.3, 0.4) is 0 Å². The number of hydrogen-bond acceptors (Lipinski definition) is 7. The van der Waals surface area contributed by atoms with Crippen LogP contribution in [-0.4, -0.2) is 41.7 Å². The molecule has 18 heteroatoms. The fourth-order valence-corrected chi connectivity index (χ4v) is 5.83. The van der Waals surface area contributed by atoms with Crippen LogP contribution in [0.5, 0.6) is 11.5 Å². The van der Waals surface area contributed by atoms with Gasteiger partial charge in [-0.25, -0.2) is 8.42 Å². The Morgan fingerprint density at radius 1 is 0.723 bits per heavy atom. The fraction of sp³-hybridized carbons (Fsp3) is 0.103. The number of carbonyl (C=O) groups excluding carboxylic acids is 2. The molecule has 0 spiro atoms. The highest BCUT2D eigenvalue weighted by Gasteiger charge is 2.34. The average molecular weight is 735 g/mol. The number of alkyl halides is 3. The van der Waals surface area contributed by atoms with Gasteiger partial charge in [-0.2, -0.15) is 21.6 Å². The predicted molar refractivity (Wildman–Crippen MR) is 165 cm³/mol. The van der Waals surface area contributed by atoms with Crippen LogP contribution in [0, 0.1) is 0 Å². The first-order valence-electron chi connectivity index (χ1n) is 13.0. The minimum atomic E-state index is -4.90. The summed E-state index contributed by atoms with van der Waals surface area (Å²) in [6.07, 6.45) is -4.89. The predicted octanol–water partition coefficient (Wildman–Crippen LogP) is 6.42. The van der Waals surface area contributed by atoms with Gasteiger partial charge in [0.15, 0.2) is 5.75 Å². The number of anilines is 1. The standard InChI is InChI=1S/C29H21Cl2F4N3O7S2/c30-19-5-12-26(25(15-19)38-47(43,44)22-10-11-24(31)23(16-22)29(32,33)34)45-20-6-1-17(2-7-20)27(39)36-13-14-37-28(40)18-3-8-21(9-4-18)46(35,41)42/h1-12,15-16,38H,13-14H2,(H,36,39)(H,37,40). The number of benzene rings is 4. The topological polar surface area (TPSA) is 148 Å². The van der Waals surface area contributed by atoms with Gasteiger partial charge in [-0.1, -0.05) is 23.2 Å². The highest BCUT2D eigenvalue weighted by atomic mass is 35.5. The second-order valence-corrected chi connectivity index (χ2v) is 13.4. The first kappa shape index (κ1) is 35.5. The third-order valence-corrected chi connectivity index (χ3v) is 8.94. The molecule has 0 atom stereocenters. The molecule has 0 bridgehead atoms. The van der Waals surface area contributed by atoms with E-state index < -0.39 is 58.6 Å². The summed E-state index contributed by atoms with van der Waals surface area (Å²) in [5.41, 5.74) is -1.24. The van der Waals surface area contributed by atoms with Crippen LogP contribution in [0.4, 0.5) is 22.7 Å². The maximum absolute atomic E-state index is 13.3. The SMILES string of the molecule is O=C(NCCNC(=O)c1ccc(S(=O)(=O)F)cc1)c1ccc(Oc2ccc(Cl)cc2NS(=O)(=O)c2ccc(Cl)c(C(F)(F)F)c2)cc1. The zero-order chi connectivity index (χ0) is 34.6. The molecule has 4 aromatic rings. The van der Waals surface area contributed by atoms with Crippen molar-refractivity contribution >= 4 is 61.0 Å². The van der Waals surface area contributed by atoms with Crippen molar-refractivity contribution in [3.05, 3.63) is 112 Å². The number of hydrogen-bond donors (Lipinski definition) is 3. The first-order chi connectivity index (χ1) is 21.9. The fourth-order valence-electron chi connectivity index (χ4n) is 3.89. The van der Waals surface area contributed by atoms with Crippen molar-refractivity contribution in [3.8, 4) is 11.5 Å². The van der Waals surface area contributed by atoms with Gasteiger partial charge >= 0.3 is 16.4 Å². The van der Waals surface area contributed by atoms with E-state index in [1.54, 1.807) is 0 Å². The Balaban J connectivity index is 1.36. The molecule has 3 N–H and O–H groups in total. The molecule has 0 heterocycles. The molecule has 0 radical (unpaired) electrons. The van der Waals surface area contributed by atoms with E-state index in [-0.39, 0.29) is 46.4 Å². The molecule has 0 saturated carbocycles. The molecule has 0 aromatic heterocycles. The van der Waals surface area contributed by atoms with Crippen molar-refractivity contribution < 1.29 is 48.2 Å². The molecule has 0 aliphatic heterocycles. The van der Waals surface area contributed by atoms with Crippen molar-refractivity contribution in [2.75, 3.05) is 17.8 Å². The molecule has 4 aromatic carbocycles. The Morgan fingerprint density at radius 2 is 1.26 bits per heavy atom. The van der Waals surface area contributed by atoms with E-state index in [2.05, 4.69) is 15.4 Å². The highest BCUT2D eigenvalue weighted by Crippen LogP contribution is 2.37. The molecule has 0 aliphatic carbocycles. The van der Waals surface area contributed by atoms with Crippen LogP contribution >= 0.6 is 23.2 Å². The molecule has 2 amide bonds. The minimum absolute atomic E-state index is 0.0116. The second kappa shape index (κ2) is 14.2. The smallest absolute Gasteiger partial charge is 0.417 e. The summed E-state index contributed by atoms with van der Waals surface area (Å²) in [6, 6.07) is 15.8. The molecular formula is C29H21Cl2F4N3O7S2. The molecule has 0 unspecified atom stereocenters. The summed E-state index contributed by atoms with van der Waals surface area (Å²) < 4.78 is 108. The minimum Gasteiger partial charge on any atom is -0.455 e. The summed E-state index contributed by atoms with van der Waals surface area (Å²) in [5.74, 6) is -0.984. The van der Waals surface area contributed by atoms with Crippen LogP contribution in [0.15, 0.2) is 94.7 Å². The maximum atomic E-state index is 13.3. The highest BCUT2D eigenvalue weighted by molar-refractivity contribution is 7.92. The van der Waals surface area contributed by atoms with Crippen molar-refractivity contribution in [2.24, 2.45) is 0 Å². The molecule has 0 saturated heterocycles. The molecule has 0 aliphatic rings. The normalized spacial score (nSPS) is 11.9. The Kier molecular flexibility index (Phi) is 10.7. The number of halogens is 6. The van der Waals surface area contributed by atoms with Crippen molar-refractivity contribution in [2.45, 2.75) is 16.0 Å². The molecule has 0 fully saturated rings. The Labute approximate surface area is 275 Å². The summed E-state index contributed by atoms with van der Waals surface area (Å²) in [5, 5.41) is 4.52. The van der Waals surface area contributed by atoms with Crippen molar-refractivity contribution in [1.29, 1.82) is 0 Å². The molecule has 4 rings (SSSR count). The van der Waals surface area contributed by atoms with Gasteiger partial charge in [0.1, 0.15) is 5.75 Å². The number of carbonyl (C=O) groups is 2. The van der Waals surface area contributed by atoms with Crippen LogP contribution in [0.25, 0.3) is 0 Å². The lowest BCUT2D eigenvalue weighted by Gasteiger charge is -2.15. The lowest BCUT2D eigenvalue weighted by Crippen LogP contribution is -2.34. The number of amides is 2. The molecule has 47 heavy (non-hydrogen) atoms. The van der Waals surface area contributed by atoms with Crippen LogP contribution in [-0.2, 0) is 26.4 Å². The summed E-state index contributed by atoms with van der Waals surface area (Å²) in [7, 11) is -9.46. The van der Waals surface area contributed by atoms with E-state index in [1.807, 2.05) is 0 Å². The van der Waals surface area contributed by atoms with E-state index in [9.17, 15) is 43.5 Å².